The van der Waals surface area contributed by atoms with Gasteiger partial charge in [0.05, 0.1) is 15.6 Å². The van der Waals surface area contributed by atoms with Crippen LogP contribution >= 0.6 is 34.8 Å². The monoisotopic (exact) mass is 489 g/mol. The SMILES string of the molecule is Cc1c(Cl)cccc1S(=O)(=O)N1CCCC(CC(=O)NNc2ccc(Cl)cc2Cl)C1. The number of anilines is 1. The molecule has 30 heavy (non-hydrogen) atoms. The summed E-state index contributed by atoms with van der Waals surface area (Å²) < 4.78 is 27.6. The van der Waals surface area contributed by atoms with E-state index in [4.69, 9.17) is 34.8 Å². The van der Waals surface area contributed by atoms with Crippen LogP contribution in [-0.4, -0.2) is 31.7 Å². The van der Waals surface area contributed by atoms with Crippen LogP contribution in [0, 0.1) is 12.8 Å². The van der Waals surface area contributed by atoms with Gasteiger partial charge in [-0.2, -0.15) is 4.31 Å². The lowest BCUT2D eigenvalue weighted by molar-refractivity contribution is -0.121. The van der Waals surface area contributed by atoms with E-state index in [1.165, 1.54) is 4.31 Å². The molecule has 162 valence electrons. The first kappa shape index (κ1) is 23.2. The van der Waals surface area contributed by atoms with Gasteiger partial charge in [-0.25, -0.2) is 8.42 Å². The van der Waals surface area contributed by atoms with Crippen LogP contribution in [-0.2, 0) is 14.8 Å². The molecule has 0 bridgehead atoms. The number of carbonyl (C=O) groups excluding carboxylic acids is 1. The highest BCUT2D eigenvalue weighted by atomic mass is 35.5. The van der Waals surface area contributed by atoms with Gasteiger partial charge < -0.3 is 0 Å². The maximum Gasteiger partial charge on any atom is 0.243 e. The van der Waals surface area contributed by atoms with E-state index in [-0.39, 0.29) is 29.7 Å². The van der Waals surface area contributed by atoms with Crippen molar-refractivity contribution < 1.29 is 13.2 Å². The number of hydrogen-bond acceptors (Lipinski definition) is 4. The lowest BCUT2D eigenvalue weighted by atomic mass is 9.96. The number of benzene rings is 2. The number of carbonyl (C=O) groups is 1. The van der Waals surface area contributed by atoms with Crippen LogP contribution < -0.4 is 10.9 Å². The fraction of sp³-hybridized carbons (Fsp3) is 0.350. The zero-order valence-corrected chi connectivity index (χ0v) is 19.4. The molecule has 2 aromatic carbocycles. The molecule has 0 spiro atoms. The number of nitrogens with one attached hydrogen (secondary N) is 2. The Morgan fingerprint density at radius 3 is 2.67 bits per heavy atom. The molecule has 6 nitrogen and oxygen atoms in total. The number of halogens is 3. The summed E-state index contributed by atoms with van der Waals surface area (Å²) in [6.07, 6.45) is 1.65. The Morgan fingerprint density at radius 1 is 1.17 bits per heavy atom. The number of rotatable bonds is 6. The first-order chi connectivity index (χ1) is 14.2. The third-order valence-corrected chi connectivity index (χ3v) is 8.03. The summed E-state index contributed by atoms with van der Waals surface area (Å²) in [5.41, 5.74) is 6.44. The van der Waals surface area contributed by atoms with E-state index >= 15 is 0 Å². The van der Waals surface area contributed by atoms with Gasteiger partial charge in [0.25, 0.3) is 0 Å². The van der Waals surface area contributed by atoms with Gasteiger partial charge in [-0.1, -0.05) is 40.9 Å². The minimum absolute atomic E-state index is 0.0875. The molecular weight excluding hydrogens is 469 g/mol. The van der Waals surface area contributed by atoms with E-state index in [0.29, 0.717) is 39.3 Å². The summed E-state index contributed by atoms with van der Waals surface area (Å²) in [4.78, 5) is 12.6. The average molecular weight is 491 g/mol. The van der Waals surface area contributed by atoms with Crippen LogP contribution in [0.15, 0.2) is 41.3 Å². The van der Waals surface area contributed by atoms with E-state index < -0.39 is 10.0 Å². The molecule has 0 radical (unpaired) electrons. The number of hydrogen-bond donors (Lipinski definition) is 2. The number of amides is 1. The second-order valence-corrected chi connectivity index (χ2v) is 10.4. The van der Waals surface area contributed by atoms with Crippen LogP contribution in [0.3, 0.4) is 0 Å². The normalized spacial score (nSPS) is 17.5. The van der Waals surface area contributed by atoms with Crippen LogP contribution in [0.1, 0.15) is 24.8 Å². The van der Waals surface area contributed by atoms with Gasteiger partial charge in [0, 0.05) is 29.6 Å². The molecule has 2 N–H and O–H groups in total. The summed E-state index contributed by atoms with van der Waals surface area (Å²) >= 11 is 18.0. The fourth-order valence-electron chi connectivity index (χ4n) is 3.46. The van der Waals surface area contributed by atoms with Crippen LogP contribution in [0.4, 0.5) is 5.69 Å². The molecule has 0 saturated carbocycles. The Labute approximate surface area is 191 Å². The van der Waals surface area contributed by atoms with E-state index in [1.807, 2.05) is 0 Å². The van der Waals surface area contributed by atoms with Crippen LogP contribution in [0.2, 0.25) is 15.1 Å². The topological polar surface area (TPSA) is 78.5 Å². The summed E-state index contributed by atoms with van der Waals surface area (Å²) in [5, 5.41) is 1.29. The molecule has 1 saturated heterocycles. The third-order valence-electron chi connectivity index (χ3n) is 5.06. The number of piperidine rings is 1. The second-order valence-electron chi connectivity index (χ2n) is 7.24. The van der Waals surface area contributed by atoms with Crippen molar-refractivity contribution in [3.63, 3.8) is 0 Å². The van der Waals surface area contributed by atoms with Crippen molar-refractivity contribution in [2.75, 3.05) is 18.5 Å². The highest BCUT2D eigenvalue weighted by Crippen LogP contribution is 2.30. The second kappa shape index (κ2) is 9.75. The van der Waals surface area contributed by atoms with Gasteiger partial charge in [-0.3, -0.25) is 15.6 Å². The highest BCUT2D eigenvalue weighted by molar-refractivity contribution is 7.89. The molecule has 3 rings (SSSR count). The minimum atomic E-state index is -3.68. The zero-order valence-electron chi connectivity index (χ0n) is 16.3. The Kier molecular flexibility index (Phi) is 7.52. The van der Waals surface area contributed by atoms with E-state index in [9.17, 15) is 13.2 Å². The summed E-state index contributed by atoms with van der Waals surface area (Å²) in [7, 11) is -3.68. The molecule has 0 aliphatic carbocycles. The number of nitrogens with zero attached hydrogens (tertiary/aromatic N) is 1. The van der Waals surface area contributed by atoms with Crippen molar-refractivity contribution in [3.05, 3.63) is 57.0 Å². The standard InChI is InChI=1S/C20H22Cl3N3O3S/c1-13-16(22)5-2-6-19(13)30(28,29)26-9-3-4-14(12-26)10-20(27)25-24-18-8-7-15(21)11-17(18)23/h2,5-8,11,14,24H,3-4,9-10,12H2,1H3,(H,25,27). The molecular formula is C20H22Cl3N3O3S. The van der Waals surface area contributed by atoms with Gasteiger partial charge in [0.15, 0.2) is 0 Å². The molecule has 0 aromatic heterocycles. The fourth-order valence-corrected chi connectivity index (χ4v) is 5.95. The lowest BCUT2D eigenvalue weighted by Crippen LogP contribution is -2.42. The third kappa shape index (κ3) is 5.39. The van der Waals surface area contributed by atoms with Crippen molar-refractivity contribution in [2.45, 2.75) is 31.1 Å². The summed E-state index contributed by atoms with van der Waals surface area (Å²) in [6.45, 7) is 2.39. The maximum absolute atomic E-state index is 13.1. The summed E-state index contributed by atoms with van der Waals surface area (Å²) in [6, 6.07) is 9.74. The van der Waals surface area contributed by atoms with Gasteiger partial charge in [0.1, 0.15) is 0 Å². The highest BCUT2D eigenvalue weighted by Gasteiger charge is 2.32. The smallest absolute Gasteiger partial charge is 0.243 e. The lowest BCUT2D eigenvalue weighted by Gasteiger charge is -2.32. The first-order valence-corrected chi connectivity index (χ1v) is 12.0. The molecule has 2 aromatic rings. The molecule has 1 amide bonds. The molecule has 1 aliphatic heterocycles. The number of sulfonamides is 1. The average Bonchev–Trinajstić information content (AvgIpc) is 2.69. The molecule has 10 heteroatoms. The predicted octanol–water partition coefficient (Wildman–Crippen LogP) is 4.89. The van der Waals surface area contributed by atoms with E-state index in [0.717, 1.165) is 6.42 Å². The molecule has 1 aliphatic rings. The molecule has 1 unspecified atom stereocenters. The predicted molar refractivity (Wildman–Crippen MR) is 121 cm³/mol. The Balaban J connectivity index is 1.61. The number of hydrazine groups is 1. The largest absolute Gasteiger partial charge is 0.297 e. The van der Waals surface area contributed by atoms with E-state index in [1.54, 1.807) is 43.3 Å². The van der Waals surface area contributed by atoms with Crippen molar-refractivity contribution in [1.82, 2.24) is 9.73 Å². The van der Waals surface area contributed by atoms with E-state index in [2.05, 4.69) is 10.9 Å². The Hall–Kier alpha value is -1.51. The zero-order chi connectivity index (χ0) is 21.9. The van der Waals surface area contributed by atoms with Gasteiger partial charge in [-0.15, -0.1) is 0 Å². The molecule has 1 atom stereocenters. The van der Waals surface area contributed by atoms with Crippen LogP contribution in [0.5, 0.6) is 0 Å². The maximum atomic E-state index is 13.1. The Morgan fingerprint density at radius 2 is 1.93 bits per heavy atom. The van der Waals surface area contributed by atoms with Crippen molar-refractivity contribution in [1.29, 1.82) is 0 Å². The van der Waals surface area contributed by atoms with Gasteiger partial charge >= 0.3 is 0 Å². The summed E-state index contributed by atoms with van der Waals surface area (Å²) in [5.74, 6) is -0.334. The van der Waals surface area contributed by atoms with Crippen LogP contribution in [0.25, 0.3) is 0 Å². The molecule has 1 fully saturated rings. The molecule has 1 heterocycles. The first-order valence-electron chi connectivity index (χ1n) is 9.43. The minimum Gasteiger partial charge on any atom is -0.297 e. The van der Waals surface area contributed by atoms with Crippen molar-refractivity contribution >= 4 is 56.4 Å². The van der Waals surface area contributed by atoms with Gasteiger partial charge in [0.2, 0.25) is 15.9 Å². The van der Waals surface area contributed by atoms with Crippen molar-refractivity contribution in [3.8, 4) is 0 Å². The van der Waals surface area contributed by atoms with Crippen molar-refractivity contribution in [2.24, 2.45) is 5.92 Å². The van der Waals surface area contributed by atoms with Gasteiger partial charge in [-0.05, 0) is 61.6 Å². The quantitative estimate of drug-likeness (QED) is 0.565. The Bertz CT molecular complexity index is 1050.